The van der Waals surface area contributed by atoms with Gasteiger partial charge in [-0.3, -0.25) is 9.59 Å². The molecular weight excluding hydrogens is 294 g/mol. The van der Waals surface area contributed by atoms with Gasteiger partial charge in [0.25, 0.3) is 5.91 Å². The van der Waals surface area contributed by atoms with Crippen molar-refractivity contribution in [3.63, 3.8) is 0 Å². The van der Waals surface area contributed by atoms with Gasteiger partial charge in [-0.05, 0) is 6.07 Å². The Labute approximate surface area is 127 Å². The zero-order chi connectivity index (χ0) is 15.2. The van der Waals surface area contributed by atoms with Gasteiger partial charge in [0.05, 0.1) is 5.02 Å². The quantitative estimate of drug-likeness (QED) is 0.850. The topological polar surface area (TPSA) is 71.5 Å². The van der Waals surface area contributed by atoms with Crippen LogP contribution in [0.1, 0.15) is 16.9 Å². The number of ether oxygens (including phenoxy) is 1. The lowest BCUT2D eigenvalue weighted by atomic mass is 10.3. The minimum atomic E-state index is -0.305. The Morgan fingerprint density at radius 2 is 2.33 bits per heavy atom. The van der Waals surface area contributed by atoms with Crippen LogP contribution >= 0.6 is 11.6 Å². The first-order chi connectivity index (χ1) is 10.1. The lowest BCUT2D eigenvalue weighted by Gasteiger charge is -2.19. The molecule has 1 aromatic heterocycles. The predicted octanol–water partition coefficient (Wildman–Crippen LogP) is 1.26. The van der Waals surface area contributed by atoms with E-state index < -0.39 is 0 Å². The highest BCUT2D eigenvalue weighted by Gasteiger charge is 2.23. The summed E-state index contributed by atoms with van der Waals surface area (Å²) in [6.07, 6.45) is 1.86. The molecule has 1 aliphatic rings. The van der Waals surface area contributed by atoms with Crippen molar-refractivity contribution in [1.29, 1.82) is 0 Å². The number of nitrogens with zero attached hydrogens (tertiary/aromatic N) is 2. The van der Waals surface area contributed by atoms with E-state index >= 15 is 0 Å². The maximum atomic E-state index is 12.5. The van der Waals surface area contributed by atoms with E-state index in [1.165, 1.54) is 0 Å². The minimum Gasteiger partial charge on any atom is -0.473 e. The monoisotopic (exact) mass is 309 g/mol. The number of pyridine rings is 1. The second kappa shape index (κ2) is 7.08. The lowest BCUT2D eigenvalue weighted by molar-refractivity contribution is -0.120. The molecular formula is C14H16ClN3O3. The number of amides is 2. The van der Waals surface area contributed by atoms with Crippen molar-refractivity contribution in [3.8, 4) is 5.88 Å². The van der Waals surface area contributed by atoms with Crippen molar-refractivity contribution in [2.75, 3.05) is 26.2 Å². The Bertz CT molecular complexity index is 562. The Hall–Kier alpha value is -2.08. The molecule has 112 valence electrons. The van der Waals surface area contributed by atoms with Crippen LogP contribution in [0, 0.1) is 0 Å². The molecule has 0 unspecified atom stereocenters. The van der Waals surface area contributed by atoms with Crippen LogP contribution < -0.4 is 10.1 Å². The number of nitrogens with one attached hydrogen (secondary N) is 1. The molecule has 0 saturated carbocycles. The van der Waals surface area contributed by atoms with Crippen LogP contribution in [0.2, 0.25) is 5.02 Å². The van der Waals surface area contributed by atoms with Gasteiger partial charge in [0, 0.05) is 32.1 Å². The number of carbonyl (C=O) groups excluding carboxylic acids is 2. The van der Waals surface area contributed by atoms with Crippen LogP contribution in [0.25, 0.3) is 0 Å². The Balaban J connectivity index is 2.17. The molecule has 7 heteroatoms. The average Bonchev–Trinajstić information content (AvgIpc) is 2.70. The number of rotatable bonds is 4. The Morgan fingerprint density at radius 1 is 1.52 bits per heavy atom. The van der Waals surface area contributed by atoms with Crippen molar-refractivity contribution in [2.24, 2.45) is 0 Å². The summed E-state index contributed by atoms with van der Waals surface area (Å²) >= 11 is 6.05. The first kappa shape index (κ1) is 15.3. The SMILES string of the molecule is C=CCOc1ccc(Cl)c(C(=O)N2CCNC(=O)CC2)n1. The van der Waals surface area contributed by atoms with Crippen LogP contribution in [0.15, 0.2) is 24.8 Å². The summed E-state index contributed by atoms with van der Waals surface area (Å²) in [4.78, 5) is 29.5. The molecule has 1 aliphatic heterocycles. The minimum absolute atomic E-state index is 0.0626. The van der Waals surface area contributed by atoms with E-state index in [9.17, 15) is 9.59 Å². The smallest absolute Gasteiger partial charge is 0.274 e. The summed E-state index contributed by atoms with van der Waals surface area (Å²) in [6.45, 7) is 5.05. The molecule has 21 heavy (non-hydrogen) atoms. The fourth-order valence-corrected chi connectivity index (χ4v) is 2.10. The summed E-state index contributed by atoms with van der Waals surface area (Å²) < 4.78 is 5.31. The van der Waals surface area contributed by atoms with Crippen LogP contribution in [0.4, 0.5) is 0 Å². The molecule has 1 saturated heterocycles. The van der Waals surface area contributed by atoms with E-state index in [1.807, 2.05) is 0 Å². The van der Waals surface area contributed by atoms with Gasteiger partial charge in [-0.2, -0.15) is 0 Å². The normalized spacial score (nSPS) is 15.1. The molecule has 0 radical (unpaired) electrons. The largest absolute Gasteiger partial charge is 0.473 e. The van der Waals surface area contributed by atoms with Gasteiger partial charge >= 0.3 is 0 Å². The fourth-order valence-electron chi connectivity index (χ4n) is 1.92. The number of hydrogen-bond acceptors (Lipinski definition) is 4. The summed E-state index contributed by atoms with van der Waals surface area (Å²) in [5, 5.41) is 2.97. The molecule has 0 spiro atoms. The third-order valence-electron chi connectivity index (χ3n) is 2.97. The van der Waals surface area contributed by atoms with E-state index in [1.54, 1.807) is 23.1 Å². The predicted molar refractivity (Wildman–Crippen MR) is 78.5 cm³/mol. The third-order valence-corrected chi connectivity index (χ3v) is 3.28. The summed E-state index contributed by atoms with van der Waals surface area (Å²) in [6, 6.07) is 3.16. The Kier molecular flexibility index (Phi) is 5.16. The highest BCUT2D eigenvalue weighted by Crippen LogP contribution is 2.20. The summed E-state index contributed by atoms with van der Waals surface area (Å²) in [5.74, 6) is -0.0559. The van der Waals surface area contributed by atoms with Crippen LogP contribution in [-0.2, 0) is 4.79 Å². The molecule has 0 atom stereocenters. The molecule has 2 amide bonds. The molecule has 1 fully saturated rings. The highest BCUT2D eigenvalue weighted by molar-refractivity contribution is 6.33. The van der Waals surface area contributed by atoms with Gasteiger partial charge in [0.2, 0.25) is 11.8 Å². The second-order valence-electron chi connectivity index (χ2n) is 4.47. The van der Waals surface area contributed by atoms with E-state index in [-0.39, 0.29) is 29.0 Å². The van der Waals surface area contributed by atoms with E-state index in [2.05, 4.69) is 16.9 Å². The van der Waals surface area contributed by atoms with E-state index in [0.29, 0.717) is 32.1 Å². The van der Waals surface area contributed by atoms with Crippen LogP contribution in [0.3, 0.4) is 0 Å². The molecule has 1 aromatic rings. The maximum Gasteiger partial charge on any atom is 0.274 e. The van der Waals surface area contributed by atoms with Gasteiger partial charge < -0.3 is 15.0 Å². The number of aromatic nitrogens is 1. The van der Waals surface area contributed by atoms with Crippen LogP contribution in [0.5, 0.6) is 5.88 Å². The fraction of sp³-hybridized carbons (Fsp3) is 0.357. The molecule has 2 rings (SSSR count). The second-order valence-corrected chi connectivity index (χ2v) is 4.88. The molecule has 2 heterocycles. The van der Waals surface area contributed by atoms with Gasteiger partial charge in [-0.25, -0.2) is 4.98 Å². The van der Waals surface area contributed by atoms with Crippen molar-refractivity contribution in [2.45, 2.75) is 6.42 Å². The zero-order valence-corrected chi connectivity index (χ0v) is 12.2. The maximum absolute atomic E-state index is 12.5. The highest BCUT2D eigenvalue weighted by atomic mass is 35.5. The average molecular weight is 310 g/mol. The molecule has 0 bridgehead atoms. The number of carbonyl (C=O) groups is 2. The molecule has 0 aliphatic carbocycles. The molecule has 0 aromatic carbocycles. The first-order valence-corrected chi connectivity index (χ1v) is 6.96. The standard InChI is InChI=1S/C14H16ClN3O3/c1-2-9-21-12-4-3-10(15)13(17-12)14(20)18-7-5-11(19)16-6-8-18/h2-4H,1,5-9H2,(H,16,19). The summed E-state index contributed by atoms with van der Waals surface area (Å²) in [7, 11) is 0. The van der Waals surface area contributed by atoms with Gasteiger partial charge in [-0.1, -0.05) is 24.3 Å². The van der Waals surface area contributed by atoms with Gasteiger partial charge in [-0.15, -0.1) is 0 Å². The van der Waals surface area contributed by atoms with Crippen molar-refractivity contribution >= 4 is 23.4 Å². The number of hydrogen-bond donors (Lipinski definition) is 1. The van der Waals surface area contributed by atoms with Gasteiger partial charge in [0.15, 0.2) is 5.69 Å². The summed E-state index contributed by atoms with van der Waals surface area (Å²) in [5.41, 5.74) is 0.132. The van der Waals surface area contributed by atoms with Gasteiger partial charge in [0.1, 0.15) is 6.61 Å². The van der Waals surface area contributed by atoms with Crippen LogP contribution in [-0.4, -0.2) is 47.9 Å². The van der Waals surface area contributed by atoms with E-state index in [0.717, 1.165) is 0 Å². The van der Waals surface area contributed by atoms with E-state index in [4.69, 9.17) is 16.3 Å². The van der Waals surface area contributed by atoms with Crippen molar-refractivity contribution < 1.29 is 14.3 Å². The Morgan fingerprint density at radius 3 is 3.10 bits per heavy atom. The lowest BCUT2D eigenvalue weighted by Crippen LogP contribution is -2.35. The molecule has 1 N–H and O–H groups in total. The van der Waals surface area contributed by atoms with Crippen molar-refractivity contribution in [1.82, 2.24) is 15.2 Å². The number of halogens is 1. The molecule has 6 nitrogen and oxygen atoms in total. The zero-order valence-electron chi connectivity index (χ0n) is 11.5. The van der Waals surface area contributed by atoms with Crippen molar-refractivity contribution in [3.05, 3.63) is 35.5 Å². The third kappa shape index (κ3) is 3.95. The first-order valence-electron chi connectivity index (χ1n) is 6.58.